The lowest BCUT2D eigenvalue weighted by atomic mass is 10.0. The van der Waals surface area contributed by atoms with Gasteiger partial charge in [-0.3, -0.25) is 4.79 Å². The highest BCUT2D eigenvalue weighted by Crippen LogP contribution is 2.26. The number of nitrogens with one attached hydrogen (secondary N) is 1. The van der Waals surface area contributed by atoms with Crippen LogP contribution in [0.3, 0.4) is 0 Å². The Morgan fingerprint density at radius 3 is 2.44 bits per heavy atom. The molecule has 1 aromatic heterocycles. The molecule has 3 amide bonds. The Bertz CT molecular complexity index is 1190. The van der Waals surface area contributed by atoms with E-state index in [1.54, 1.807) is 42.3 Å². The van der Waals surface area contributed by atoms with Crippen LogP contribution in [-0.4, -0.2) is 52.9 Å². The van der Waals surface area contributed by atoms with Crippen LogP contribution in [0.5, 0.6) is 0 Å². The predicted molar refractivity (Wildman–Crippen MR) is 126 cm³/mol. The minimum atomic E-state index is -0.610. The zero-order chi connectivity index (χ0) is 24.2. The van der Waals surface area contributed by atoms with E-state index in [1.165, 1.54) is 35.4 Å². The number of piperidine rings is 1. The minimum absolute atomic E-state index is 0.0421. The van der Waals surface area contributed by atoms with Crippen LogP contribution in [0.4, 0.5) is 25.1 Å². The van der Waals surface area contributed by atoms with E-state index in [2.05, 4.69) is 10.3 Å². The monoisotopic (exact) mass is 465 g/mol. The number of hydrogen-bond donors (Lipinski definition) is 2. The average Bonchev–Trinajstić information content (AvgIpc) is 2.85. The average molecular weight is 466 g/mol. The molecule has 176 valence electrons. The summed E-state index contributed by atoms with van der Waals surface area (Å²) in [6.07, 6.45) is 2.65. The molecule has 3 aromatic rings. The highest BCUT2D eigenvalue weighted by atomic mass is 19.1. The summed E-state index contributed by atoms with van der Waals surface area (Å²) in [5, 5.41) is 2.60. The maximum atomic E-state index is 14.6. The molecular weight excluding hydrogens is 440 g/mol. The predicted octanol–water partition coefficient (Wildman–Crippen LogP) is 4.38. The van der Waals surface area contributed by atoms with Crippen molar-refractivity contribution in [2.24, 2.45) is 0 Å². The summed E-state index contributed by atoms with van der Waals surface area (Å²) >= 11 is 0. The molecule has 9 heteroatoms. The largest absolute Gasteiger partial charge is 0.384 e. The lowest BCUT2D eigenvalue weighted by molar-refractivity contribution is 0.0671. The van der Waals surface area contributed by atoms with Crippen molar-refractivity contribution in [3.8, 4) is 11.1 Å². The van der Waals surface area contributed by atoms with Gasteiger partial charge in [-0.15, -0.1) is 0 Å². The van der Waals surface area contributed by atoms with Crippen LogP contribution in [-0.2, 0) is 0 Å². The third-order valence-electron chi connectivity index (χ3n) is 6.02. The van der Waals surface area contributed by atoms with Crippen molar-refractivity contribution >= 4 is 23.4 Å². The first-order valence-electron chi connectivity index (χ1n) is 10.9. The van der Waals surface area contributed by atoms with E-state index in [0.29, 0.717) is 48.4 Å². The van der Waals surface area contributed by atoms with Gasteiger partial charge in [-0.1, -0.05) is 18.2 Å². The lowest BCUT2D eigenvalue weighted by Crippen LogP contribution is -2.48. The molecule has 0 aliphatic carbocycles. The molecule has 1 saturated heterocycles. The van der Waals surface area contributed by atoms with E-state index < -0.39 is 17.7 Å². The van der Waals surface area contributed by atoms with Crippen molar-refractivity contribution in [2.75, 3.05) is 31.2 Å². The number of amides is 3. The first-order chi connectivity index (χ1) is 16.3. The molecule has 3 N–H and O–H groups in total. The maximum Gasteiger partial charge on any atom is 0.321 e. The molecule has 7 nitrogen and oxygen atoms in total. The second-order valence-corrected chi connectivity index (χ2v) is 8.24. The van der Waals surface area contributed by atoms with Gasteiger partial charge in [0.15, 0.2) is 0 Å². The normalized spacial score (nSPS) is 14.0. The fraction of sp³-hybridized carbons (Fsp3) is 0.240. The molecule has 1 fully saturated rings. The highest BCUT2D eigenvalue weighted by molar-refractivity contribution is 5.94. The van der Waals surface area contributed by atoms with E-state index in [-0.39, 0.29) is 17.6 Å². The molecule has 0 unspecified atom stereocenters. The van der Waals surface area contributed by atoms with Gasteiger partial charge < -0.3 is 20.9 Å². The third kappa shape index (κ3) is 5.14. The number of pyridine rings is 1. The number of nitrogens with two attached hydrogens (primary N) is 1. The third-order valence-corrected chi connectivity index (χ3v) is 6.02. The van der Waals surface area contributed by atoms with Crippen LogP contribution in [0.15, 0.2) is 60.8 Å². The van der Waals surface area contributed by atoms with Crippen LogP contribution in [0, 0.1) is 11.6 Å². The maximum absolute atomic E-state index is 14.6. The van der Waals surface area contributed by atoms with Crippen LogP contribution in [0.2, 0.25) is 0 Å². The first-order valence-corrected chi connectivity index (χ1v) is 10.9. The second kappa shape index (κ2) is 9.86. The molecule has 0 saturated carbocycles. The zero-order valence-corrected chi connectivity index (χ0v) is 18.7. The van der Waals surface area contributed by atoms with Gasteiger partial charge in [-0.05, 0) is 60.4 Å². The van der Waals surface area contributed by atoms with Crippen molar-refractivity contribution in [2.45, 2.75) is 18.9 Å². The van der Waals surface area contributed by atoms with Gasteiger partial charge in [0.1, 0.15) is 17.5 Å². The number of carbonyl (C=O) groups excluding carboxylic acids is 2. The van der Waals surface area contributed by atoms with Gasteiger partial charge in [0.05, 0.1) is 11.3 Å². The number of nitrogens with zero attached hydrogens (tertiary/aromatic N) is 3. The summed E-state index contributed by atoms with van der Waals surface area (Å²) in [4.78, 5) is 32.6. The number of halogens is 2. The van der Waals surface area contributed by atoms with Crippen molar-refractivity contribution in [1.29, 1.82) is 0 Å². The molecule has 1 aliphatic heterocycles. The Kier molecular flexibility index (Phi) is 6.72. The van der Waals surface area contributed by atoms with Gasteiger partial charge in [0.2, 0.25) is 0 Å². The van der Waals surface area contributed by atoms with Crippen LogP contribution >= 0.6 is 0 Å². The van der Waals surface area contributed by atoms with Gasteiger partial charge in [0.25, 0.3) is 5.91 Å². The van der Waals surface area contributed by atoms with E-state index >= 15 is 0 Å². The van der Waals surface area contributed by atoms with Crippen molar-refractivity contribution in [3.63, 3.8) is 0 Å². The lowest BCUT2D eigenvalue weighted by Gasteiger charge is -2.36. The quantitative estimate of drug-likeness (QED) is 0.598. The Morgan fingerprint density at radius 2 is 1.79 bits per heavy atom. The van der Waals surface area contributed by atoms with Gasteiger partial charge in [-0.2, -0.15) is 0 Å². The number of anilines is 2. The summed E-state index contributed by atoms with van der Waals surface area (Å²) in [7, 11) is 1.65. The van der Waals surface area contributed by atoms with Crippen LogP contribution in [0.1, 0.15) is 23.2 Å². The Labute approximate surface area is 196 Å². The van der Waals surface area contributed by atoms with E-state index in [0.717, 1.165) is 0 Å². The summed E-state index contributed by atoms with van der Waals surface area (Å²) in [5.74, 6) is -0.794. The summed E-state index contributed by atoms with van der Waals surface area (Å²) in [6.45, 7) is 0.977. The smallest absolute Gasteiger partial charge is 0.321 e. The first kappa shape index (κ1) is 23.2. The van der Waals surface area contributed by atoms with E-state index in [1.807, 2.05) is 0 Å². The molecule has 1 aliphatic rings. The fourth-order valence-corrected chi connectivity index (χ4v) is 4.00. The van der Waals surface area contributed by atoms with Crippen LogP contribution < -0.4 is 11.1 Å². The summed E-state index contributed by atoms with van der Waals surface area (Å²) in [6, 6.07) is 12.9. The number of aromatic nitrogens is 1. The molecule has 34 heavy (non-hydrogen) atoms. The van der Waals surface area contributed by atoms with Gasteiger partial charge in [0, 0.05) is 32.4 Å². The Morgan fingerprint density at radius 1 is 1.06 bits per heavy atom. The number of rotatable bonds is 4. The number of carbonyl (C=O) groups is 2. The van der Waals surface area contributed by atoms with Crippen LogP contribution in [0.25, 0.3) is 11.1 Å². The van der Waals surface area contributed by atoms with Crippen molar-refractivity contribution in [1.82, 2.24) is 14.8 Å². The van der Waals surface area contributed by atoms with Crippen molar-refractivity contribution < 1.29 is 18.4 Å². The van der Waals surface area contributed by atoms with Gasteiger partial charge in [-0.25, -0.2) is 18.6 Å². The molecule has 0 bridgehead atoms. The van der Waals surface area contributed by atoms with Gasteiger partial charge >= 0.3 is 6.03 Å². The molecule has 0 atom stereocenters. The number of benzene rings is 2. The molecule has 0 spiro atoms. The van der Waals surface area contributed by atoms with Crippen molar-refractivity contribution in [3.05, 3.63) is 78.0 Å². The Balaban J connectivity index is 1.34. The highest BCUT2D eigenvalue weighted by Gasteiger charge is 2.28. The van der Waals surface area contributed by atoms with E-state index in [4.69, 9.17) is 5.73 Å². The van der Waals surface area contributed by atoms with E-state index in [9.17, 15) is 18.4 Å². The number of likely N-dealkylation sites (tertiary alicyclic amines) is 1. The Hall–Kier alpha value is -4.01. The molecule has 0 radical (unpaired) electrons. The number of hydrogen-bond acceptors (Lipinski definition) is 4. The number of urea groups is 1. The molecule has 2 aromatic carbocycles. The minimum Gasteiger partial charge on any atom is -0.384 e. The zero-order valence-electron chi connectivity index (χ0n) is 18.7. The summed E-state index contributed by atoms with van der Waals surface area (Å²) in [5.41, 5.74) is 7.14. The summed E-state index contributed by atoms with van der Waals surface area (Å²) < 4.78 is 28.1. The molecular formula is C25H25F2N5O2. The standard InChI is InChI=1S/C25H25F2N5O2/c1-31(20-9-11-32(12-10-20)24(33)18-6-8-23(28)29-15-18)25(34)30-22-7-5-17(14-21(22)27)16-3-2-4-19(26)13-16/h2-8,13-15,20H,9-12H2,1H3,(H2,28,29)(H,30,34). The molecule has 4 rings (SSSR count). The number of nitrogen functional groups attached to an aromatic ring is 1. The molecule has 2 heterocycles. The second-order valence-electron chi connectivity index (χ2n) is 8.24. The topological polar surface area (TPSA) is 91.6 Å². The SMILES string of the molecule is CN(C(=O)Nc1ccc(-c2cccc(F)c2)cc1F)C1CCN(C(=O)c2ccc(N)nc2)CC1. The fourth-order valence-electron chi connectivity index (χ4n) is 4.00.